The Morgan fingerprint density at radius 1 is 1.09 bits per heavy atom. The summed E-state index contributed by atoms with van der Waals surface area (Å²) in [6.07, 6.45) is 21.9. The van der Waals surface area contributed by atoms with E-state index in [0.29, 0.717) is 12.6 Å². The van der Waals surface area contributed by atoms with Gasteiger partial charge in [-0.1, -0.05) is 36.5 Å². The first-order chi connectivity index (χ1) is 16.8. The third-order valence-electron chi connectivity index (χ3n) is 7.53. The summed E-state index contributed by atoms with van der Waals surface area (Å²) >= 11 is 0. The number of morpholine rings is 1. The van der Waals surface area contributed by atoms with Gasteiger partial charge in [-0.25, -0.2) is 0 Å². The van der Waals surface area contributed by atoms with Gasteiger partial charge < -0.3 is 14.8 Å². The Labute approximate surface area is 202 Å². The number of allylic oxidation sites excluding steroid dienone is 8. The molecule has 178 valence electrons. The Kier molecular flexibility index (Phi) is 6.36. The van der Waals surface area contributed by atoms with E-state index in [9.17, 15) is 0 Å². The molecule has 0 bridgehead atoms. The van der Waals surface area contributed by atoms with Crippen LogP contribution < -0.4 is 5.32 Å². The van der Waals surface area contributed by atoms with Crippen molar-refractivity contribution in [2.45, 2.75) is 12.8 Å². The standard InChI is InChI=1S/C28H34N4O2/c1-2-6-24-21(17-30-26(24)8-3-1)9-11-32-19-23-16-22(18-31-12-14-33-15-13-31)25-7-4-5-10-29-27(25)28(23)34-20-32/h2-8,10,16,21,25,30H,1,9,11-15,17-20H2. The van der Waals surface area contributed by atoms with Gasteiger partial charge in [-0.15, -0.1) is 0 Å². The van der Waals surface area contributed by atoms with E-state index in [1.54, 1.807) is 0 Å². The summed E-state index contributed by atoms with van der Waals surface area (Å²) in [5.41, 5.74) is 6.52. The van der Waals surface area contributed by atoms with Crippen LogP contribution in [0.3, 0.4) is 0 Å². The van der Waals surface area contributed by atoms with Crippen molar-refractivity contribution in [1.82, 2.24) is 15.1 Å². The van der Waals surface area contributed by atoms with E-state index in [1.165, 1.54) is 22.4 Å². The van der Waals surface area contributed by atoms with Gasteiger partial charge in [0.2, 0.25) is 0 Å². The molecule has 6 heteroatoms. The zero-order chi connectivity index (χ0) is 22.7. The third kappa shape index (κ3) is 4.50. The van der Waals surface area contributed by atoms with E-state index < -0.39 is 0 Å². The summed E-state index contributed by atoms with van der Waals surface area (Å²) in [5, 5.41) is 3.59. The van der Waals surface area contributed by atoms with Crippen molar-refractivity contribution < 1.29 is 9.47 Å². The first kappa shape index (κ1) is 21.8. The van der Waals surface area contributed by atoms with Gasteiger partial charge in [0.25, 0.3) is 0 Å². The number of hydrogen-bond donors (Lipinski definition) is 1. The molecule has 0 aromatic carbocycles. The average Bonchev–Trinajstić information content (AvgIpc) is 3.04. The summed E-state index contributed by atoms with van der Waals surface area (Å²) in [6.45, 7) is 8.19. The van der Waals surface area contributed by atoms with Crippen molar-refractivity contribution in [3.8, 4) is 0 Å². The van der Waals surface area contributed by atoms with Gasteiger partial charge in [0, 0.05) is 68.6 Å². The maximum absolute atomic E-state index is 6.38. The maximum atomic E-state index is 6.38. The lowest BCUT2D eigenvalue weighted by Crippen LogP contribution is -2.42. The second-order valence-electron chi connectivity index (χ2n) is 9.78. The fourth-order valence-electron chi connectivity index (χ4n) is 5.70. The fourth-order valence-corrected chi connectivity index (χ4v) is 5.70. The zero-order valence-corrected chi connectivity index (χ0v) is 19.8. The normalized spacial score (nSPS) is 28.9. The molecule has 0 aromatic rings. The van der Waals surface area contributed by atoms with Gasteiger partial charge in [-0.3, -0.25) is 14.8 Å². The van der Waals surface area contributed by atoms with E-state index in [4.69, 9.17) is 14.5 Å². The summed E-state index contributed by atoms with van der Waals surface area (Å²) in [4.78, 5) is 9.76. The molecule has 6 aliphatic rings. The molecular weight excluding hydrogens is 424 g/mol. The van der Waals surface area contributed by atoms with E-state index in [2.05, 4.69) is 57.6 Å². The number of ether oxygens (including phenoxy) is 2. The number of fused-ring (bicyclic) bond motifs is 2. The zero-order valence-electron chi connectivity index (χ0n) is 19.8. The lowest BCUT2D eigenvalue weighted by Gasteiger charge is -2.37. The molecule has 0 amide bonds. The van der Waals surface area contributed by atoms with E-state index >= 15 is 0 Å². The third-order valence-corrected chi connectivity index (χ3v) is 7.53. The lowest BCUT2D eigenvalue weighted by molar-refractivity contribution is 0.0414. The van der Waals surface area contributed by atoms with Crippen molar-refractivity contribution in [1.29, 1.82) is 0 Å². The Bertz CT molecular complexity index is 1050. The number of nitrogens with zero attached hydrogens (tertiary/aromatic N) is 3. The molecule has 2 atom stereocenters. The predicted molar refractivity (Wildman–Crippen MR) is 135 cm³/mol. The summed E-state index contributed by atoms with van der Waals surface area (Å²) in [5.74, 6) is 1.75. The molecule has 2 aliphatic carbocycles. The number of hydrogen-bond acceptors (Lipinski definition) is 6. The first-order valence-electron chi connectivity index (χ1n) is 12.7. The molecule has 1 saturated heterocycles. The Morgan fingerprint density at radius 3 is 2.94 bits per heavy atom. The largest absolute Gasteiger partial charge is 0.476 e. The van der Waals surface area contributed by atoms with Crippen molar-refractivity contribution in [3.63, 3.8) is 0 Å². The topological polar surface area (TPSA) is 49.3 Å². The Morgan fingerprint density at radius 2 is 2.00 bits per heavy atom. The van der Waals surface area contributed by atoms with Gasteiger partial charge in [0.1, 0.15) is 12.5 Å². The second-order valence-corrected chi connectivity index (χ2v) is 9.78. The van der Waals surface area contributed by atoms with Crippen LogP contribution >= 0.6 is 0 Å². The van der Waals surface area contributed by atoms with Crippen molar-refractivity contribution in [2.75, 3.05) is 59.2 Å². The highest BCUT2D eigenvalue weighted by molar-refractivity contribution is 6.06. The monoisotopic (exact) mass is 458 g/mol. The molecule has 4 aliphatic heterocycles. The van der Waals surface area contributed by atoms with Gasteiger partial charge in [-0.05, 0) is 36.1 Å². The van der Waals surface area contributed by atoms with Crippen LogP contribution in [0.1, 0.15) is 12.8 Å². The predicted octanol–water partition coefficient (Wildman–Crippen LogP) is 3.32. The quantitative estimate of drug-likeness (QED) is 0.685. The van der Waals surface area contributed by atoms with Crippen LogP contribution in [-0.4, -0.2) is 74.7 Å². The van der Waals surface area contributed by atoms with E-state index in [-0.39, 0.29) is 5.92 Å². The molecule has 0 spiro atoms. The van der Waals surface area contributed by atoms with Crippen LogP contribution in [0.25, 0.3) is 0 Å². The van der Waals surface area contributed by atoms with Gasteiger partial charge >= 0.3 is 0 Å². The first-order valence-corrected chi connectivity index (χ1v) is 12.7. The van der Waals surface area contributed by atoms with Crippen molar-refractivity contribution in [3.05, 3.63) is 83.0 Å². The van der Waals surface area contributed by atoms with Crippen LogP contribution in [0, 0.1) is 11.8 Å². The molecule has 0 radical (unpaired) electrons. The highest BCUT2D eigenvalue weighted by atomic mass is 16.5. The molecule has 4 heterocycles. The molecule has 6 rings (SSSR count). The van der Waals surface area contributed by atoms with Crippen LogP contribution in [0.2, 0.25) is 0 Å². The molecule has 2 unspecified atom stereocenters. The van der Waals surface area contributed by atoms with Crippen LogP contribution in [-0.2, 0) is 9.47 Å². The molecule has 0 saturated carbocycles. The van der Waals surface area contributed by atoms with Crippen LogP contribution in [0.4, 0.5) is 0 Å². The van der Waals surface area contributed by atoms with Gasteiger partial charge in [-0.2, -0.15) is 0 Å². The molecular formula is C28H34N4O2. The minimum atomic E-state index is 0.188. The Balaban J connectivity index is 1.17. The maximum Gasteiger partial charge on any atom is 0.148 e. The number of nitrogens with one attached hydrogen (secondary N) is 1. The molecule has 1 fully saturated rings. The lowest BCUT2D eigenvalue weighted by atomic mass is 9.84. The summed E-state index contributed by atoms with van der Waals surface area (Å²) in [6, 6.07) is 0. The summed E-state index contributed by atoms with van der Waals surface area (Å²) in [7, 11) is 0. The van der Waals surface area contributed by atoms with Crippen molar-refractivity contribution in [2.24, 2.45) is 16.8 Å². The van der Waals surface area contributed by atoms with Crippen LogP contribution in [0.5, 0.6) is 0 Å². The highest BCUT2D eigenvalue weighted by Crippen LogP contribution is 2.34. The summed E-state index contributed by atoms with van der Waals surface area (Å²) < 4.78 is 11.9. The van der Waals surface area contributed by atoms with E-state index in [1.807, 2.05) is 12.3 Å². The van der Waals surface area contributed by atoms with Gasteiger partial charge in [0.15, 0.2) is 0 Å². The second kappa shape index (κ2) is 9.90. The van der Waals surface area contributed by atoms with Gasteiger partial charge in [0.05, 0.1) is 18.9 Å². The molecule has 6 nitrogen and oxygen atoms in total. The number of aliphatic imine (C=N–C) groups is 1. The minimum absolute atomic E-state index is 0.188. The van der Waals surface area contributed by atoms with Crippen molar-refractivity contribution >= 4 is 5.71 Å². The smallest absolute Gasteiger partial charge is 0.148 e. The highest BCUT2D eigenvalue weighted by Gasteiger charge is 2.34. The van der Waals surface area contributed by atoms with Crippen LogP contribution in [0.15, 0.2) is 88.0 Å². The molecule has 34 heavy (non-hydrogen) atoms. The minimum Gasteiger partial charge on any atom is -0.476 e. The molecule has 1 N–H and O–H groups in total. The average molecular weight is 459 g/mol. The number of rotatable bonds is 5. The van der Waals surface area contributed by atoms with E-state index in [0.717, 1.165) is 76.8 Å². The molecule has 0 aromatic heterocycles. The fraction of sp³-hybridized carbons (Fsp3) is 0.464. The SMILES string of the molecule is C1=CN=C2C3=C(C=C(CN4CCOCC4)C2C=C1)CN(CCC1CNC2=C1C=CCC=C2)CO3. The Hall–Kier alpha value is -2.67.